The molecule has 0 aromatic rings. The Morgan fingerprint density at radius 1 is 0.923 bits per heavy atom. The van der Waals surface area contributed by atoms with Crippen molar-refractivity contribution < 1.29 is 0 Å². The first-order valence-electron chi connectivity index (χ1n) is 5.81. The molecule has 0 aromatic carbocycles. The number of aliphatic imine (C=N–C) groups is 1. The zero-order chi connectivity index (χ0) is 9.94. The van der Waals surface area contributed by atoms with E-state index in [0.29, 0.717) is 0 Å². The van der Waals surface area contributed by atoms with Crippen LogP contribution < -0.4 is 0 Å². The van der Waals surface area contributed by atoms with Gasteiger partial charge in [-0.05, 0) is 19.8 Å². The lowest BCUT2D eigenvalue weighted by molar-refractivity contribution is 0.612. The first-order valence-corrected chi connectivity index (χ1v) is 5.81. The average molecular weight is 183 g/mol. The SMILES string of the molecule is CCCCCCCCN=C(C)CC. The molecule has 0 aliphatic rings. The Morgan fingerprint density at radius 3 is 2.15 bits per heavy atom. The van der Waals surface area contributed by atoms with Gasteiger partial charge in [-0.3, -0.25) is 4.99 Å². The van der Waals surface area contributed by atoms with Gasteiger partial charge in [-0.2, -0.15) is 0 Å². The predicted molar refractivity (Wildman–Crippen MR) is 61.6 cm³/mol. The number of hydrogen-bond donors (Lipinski definition) is 0. The van der Waals surface area contributed by atoms with E-state index in [1.807, 2.05) is 0 Å². The molecule has 0 aromatic heterocycles. The lowest BCUT2D eigenvalue weighted by atomic mass is 10.1. The van der Waals surface area contributed by atoms with E-state index in [-0.39, 0.29) is 0 Å². The molecule has 0 N–H and O–H groups in total. The minimum atomic E-state index is 1.05. The Bertz CT molecular complexity index is 127. The van der Waals surface area contributed by atoms with Gasteiger partial charge in [0.2, 0.25) is 0 Å². The smallest absolute Gasteiger partial charge is 0.0388 e. The van der Waals surface area contributed by atoms with Gasteiger partial charge in [0.1, 0.15) is 0 Å². The second kappa shape index (κ2) is 9.76. The summed E-state index contributed by atoms with van der Waals surface area (Å²) >= 11 is 0. The summed E-state index contributed by atoms with van der Waals surface area (Å²) in [7, 11) is 0. The molecular formula is C12H25N. The van der Waals surface area contributed by atoms with Crippen LogP contribution in [-0.4, -0.2) is 12.3 Å². The van der Waals surface area contributed by atoms with Gasteiger partial charge in [-0.25, -0.2) is 0 Å². The maximum Gasteiger partial charge on any atom is 0.0388 e. The molecule has 0 rings (SSSR count). The van der Waals surface area contributed by atoms with Gasteiger partial charge in [-0.1, -0.05) is 46.0 Å². The number of rotatable bonds is 8. The molecule has 13 heavy (non-hydrogen) atoms. The highest BCUT2D eigenvalue weighted by molar-refractivity contribution is 5.81. The molecule has 0 heterocycles. The minimum absolute atomic E-state index is 1.05. The topological polar surface area (TPSA) is 12.4 Å². The van der Waals surface area contributed by atoms with Gasteiger partial charge >= 0.3 is 0 Å². The normalized spacial score (nSPS) is 12.1. The molecule has 1 heteroatoms. The summed E-state index contributed by atoms with van der Waals surface area (Å²) in [4.78, 5) is 4.48. The average Bonchev–Trinajstić information content (AvgIpc) is 2.16. The van der Waals surface area contributed by atoms with Crippen LogP contribution in [0.15, 0.2) is 4.99 Å². The van der Waals surface area contributed by atoms with Gasteiger partial charge < -0.3 is 0 Å². The fraction of sp³-hybridized carbons (Fsp3) is 0.917. The molecule has 0 aliphatic carbocycles. The van der Waals surface area contributed by atoms with E-state index in [0.717, 1.165) is 13.0 Å². The number of unbranched alkanes of at least 4 members (excludes halogenated alkanes) is 5. The molecule has 0 saturated carbocycles. The molecule has 0 fully saturated rings. The van der Waals surface area contributed by atoms with Crippen molar-refractivity contribution in [3.8, 4) is 0 Å². The second-order valence-corrected chi connectivity index (χ2v) is 3.74. The van der Waals surface area contributed by atoms with E-state index in [4.69, 9.17) is 0 Å². The number of hydrogen-bond acceptors (Lipinski definition) is 1. The van der Waals surface area contributed by atoms with Crippen molar-refractivity contribution in [3.05, 3.63) is 0 Å². The van der Waals surface area contributed by atoms with Crippen LogP contribution in [0, 0.1) is 0 Å². The summed E-state index contributed by atoms with van der Waals surface area (Å²) in [6.07, 6.45) is 9.29. The van der Waals surface area contributed by atoms with E-state index in [9.17, 15) is 0 Å². The van der Waals surface area contributed by atoms with Gasteiger partial charge in [-0.15, -0.1) is 0 Å². The third-order valence-corrected chi connectivity index (χ3v) is 2.41. The maximum atomic E-state index is 4.48. The Hall–Kier alpha value is -0.330. The van der Waals surface area contributed by atoms with Crippen LogP contribution in [0.25, 0.3) is 0 Å². The Morgan fingerprint density at radius 2 is 1.54 bits per heavy atom. The van der Waals surface area contributed by atoms with E-state index in [2.05, 4.69) is 25.8 Å². The molecule has 0 atom stereocenters. The van der Waals surface area contributed by atoms with Crippen LogP contribution in [0.3, 0.4) is 0 Å². The molecule has 0 spiro atoms. The van der Waals surface area contributed by atoms with E-state index in [1.165, 1.54) is 44.2 Å². The molecule has 0 amide bonds. The first kappa shape index (κ1) is 12.7. The molecule has 0 saturated heterocycles. The van der Waals surface area contributed by atoms with Crippen molar-refractivity contribution >= 4 is 5.71 Å². The minimum Gasteiger partial charge on any atom is -0.294 e. The lowest BCUT2D eigenvalue weighted by Gasteiger charge is -1.99. The van der Waals surface area contributed by atoms with Crippen molar-refractivity contribution in [1.82, 2.24) is 0 Å². The highest BCUT2D eigenvalue weighted by atomic mass is 14.7. The zero-order valence-electron chi connectivity index (χ0n) is 9.60. The quantitative estimate of drug-likeness (QED) is 0.395. The maximum absolute atomic E-state index is 4.48. The summed E-state index contributed by atoms with van der Waals surface area (Å²) < 4.78 is 0. The summed E-state index contributed by atoms with van der Waals surface area (Å²) in [5, 5.41) is 0. The summed E-state index contributed by atoms with van der Waals surface area (Å²) in [6.45, 7) is 7.60. The third kappa shape index (κ3) is 9.59. The van der Waals surface area contributed by atoms with Gasteiger partial charge in [0.25, 0.3) is 0 Å². The van der Waals surface area contributed by atoms with Crippen LogP contribution in [0.5, 0.6) is 0 Å². The second-order valence-electron chi connectivity index (χ2n) is 3.74. The molecule has 1 nitrogen and oxygen atoms in total. The predicted octanol–water partition coefficient (Wildman–Crippen LogP) is 4.22. The zero-order valence-corrected chi connectivity index (χ0v) is 9.60. The molecule has 0 unspecified atom stereocenters. The van der Waals surface area contributed by atoms with Gasteiger partial charge in [0.15, 0.2) is 0 Å². The summed E-state index contributed by atoms with van der Waals surface area (Å²) in [5.74, 6) is 0. The molecule has 78 valence electrons. The number of nitrogens with zero attached hydrogens (tertiary/aromatic N) is 1. The molecule has 0 radical (unpaired) electrons. The molecule has 0 aliphatic heterocycles. The largest absolute Gasteiger partial charge is 0.294 e. The fourth-order valence-corrected chi connectivity index (χ4v) is 1.27. The first-order chi connectivity index (χ1) is 6.31. The fourth-order valence-electron chi connectivity index (χ4n) is 1.27. The van der Waals surface area contributed by atoms with E-state index in [1.54, 1.807) is 0 Å². The Balaban J connectivity index is 3.08. The molecular weight excluding hydrogens is 158 g/mol. The van der Waals surface area contributed by atoms with Crippen molar-refractivity contribution in [1.29, 1.82) is 0 Å². The standard InChI is InChI=1S/C12H25N/c1-4-6-7-8-9-10-11-13-12(3)5-2/h4-11H2,1-3H3. The van der Waals surface area contributed by atoms with Crippen molar-refractivity contribution in [2.75, 3.05) is 6.54 Å². The Kier molecular flexibility index (Phi) is 9.51. The Labute approximate surface area is 83.6 Å². The van der Waals surface area contributed by atoms with Crippen LogP contribution in [0.4, 0.5) is 0 Å². The van der Waals surface area contributed by atoms with Crippen molar-refractivity contribution in [2.24, 2.45) is 4.99 Å². The van der Waals surface area contributed by atoms with Gasteiger partial charge in [0, 0.05) is 12.3 Å². The van der Waals surface area contributed by atoms with Crippen LogP contribution in [-0.2, 0) is 0 Å². The van der Waals surface area contributed by atoms with Crippen LogP contribution in [0.1, 0.15) is 65.7 Å². The highest BCUT2D eigenvalue weighted by Crippen LogP contribution is 2.04. The summed E-state index contributed by atoms with van der Waals surface area (Å²) in [5.41, 5.74) is 1.30. The van der Waals surface area contributed by atoms with E-state index >= 15 is 0 Å². The summed E-state index contributed by atoms with van der Waals surface area (Å²) in [6, 6.07) is 0. The van der Waals surface area contributed by atoms with Crippen LogP contribution >= 0.6 is 0 Å². The third-order valence-electron chi connectivity index (χ3n) is 2.41. The van der Waals surface area contributed by atoms with Crippen molar-refractivity contribution in [2.45, 2.75) is 65.7 Å². The monoisotopic (exact) mass is 183 g/mol. The lowest BCUT2D eigenvalue weighted by Crippen LogP contribution is -1.91. The van der Waals surface area contributed by atoms with E-state index < -0.39 is 0 Å². The molecule has 0 bridgehead atoms. The van der Waals surface area contributed by atoms with Crippen LogP contribution in [0.2, 0.25) is 0 Å². The highest BCUT2D eigenvalue weighted by Gasteiger charge is 1.89. The van der Waals surface area contributed by atoms with Gasteiger partial charge in [0.05, 0.1) is 0 Å². The van der Waals surface area contributed by atoms with Crippen molar-refractivity contribution in [3.63, 3.8) is 0 Å².